The van der Waals surface area contributed by atoms with Crippen molar-refractivity contribution in [3.63, 3.8) is 0 Å². The van der Waals surface area contributed by atoms with Gasteiger partial charge < -0.3 is 28.5 Å². The van der Waals surface area contributed by atoms with E-state index in [2.05, 4.69) is 13.8 Å². The van der Waals surface area contributed by atoms with Gasteiger partial charge in [0.25, 0.3) is 0 Å². The minimum Gasteiger partial charge on any atom is -0.469 e. The predicted octanol–water partition coefficient (Wildman–Crippen LogP) is 4.09. The first kappa shape index (κ1) is 27.3. The molecule has 0 aromatic carbocycles. The lowest BCUT2D eigenvalue weighted by molar-refractivity contribution is -0.266. The van der Waals surface area contributed by atoms with Crippen molar-refractivity contribution >= 4 is 17.7 Å². The van der Waals surface area contributed by atoms with Crippen LogP contribution in [0.5, 0.6) is 0 Å². The fourth-order valence-corrected chi connectivity index (χ4v) is 11.9. The number of ether oxygens (including phenoxy) is 4. The Hall–Kier alpha value is -2.23. The van der Waals surface area contributed by atoms with Gasteiger partial charge in [-0.25, -0.2) is 4.79 Å². The molecule has 2 spiro atoms. The van der Waals surface area contributed by atoms with E-state index in [-0.39, 0.29) is 30.2 Å². The lowest BCUT2D eigenvalue weighted by atomic mass is 9.34. The van der Waals surface area contributed by atoms with E-state index in [0.29, 0.717) is 12.8 Å². The molecule has 228 valence electrons. The molecular weight excluding hydrogens is 540 g/mol. The largest absolute Gasteiger partial charge is 0.469 e. The maximum absolute atomic E-state index is 14.5. The highest BCUT2D eigenvalue weighted by molar-refractivity contribution is 5.92. The van der Waals surface area contributed by atoms with Crippen molar-refractivity contribution < 1.29 is 42.9 Å². The number of epoxide rings is 1. The molecule has 9 nitrogen and oxygen atoms in total. The molecule has 5 heterocycles. The van der Waals surface area contributed by atoms with Crippen molar-refractivity contribution in [1.29, 1.82) is 0 Å². The van der Waals surface area contributed by atoms with Gasteiger partial charge in [0.1, 0.15) is 30.2 Å². The minimum atomic E-state index is -1.37. The molecule has 4 saturated heterocycles. The summed E-state index contributed by atoms with van der Waals surface area (Å²) in [6, 6.07) is 1.91. The number of carbonyl (C=O) groups excluding carboxylic acids is 3. The number of aliphatic hydroxyl groups is 1. The van der Waals surface area contributed by atoms with E-state index in [4.69, 9.17) is 23.4 Å². The first-order valence-electron chi connectivity index (χ1n) is 15.9. The molecule has 1 aromatic rings. The predicted molar refractivity (Wildman–Crippen MR) is 146 cm³/mol. The number of aliphatic hydroxyl groups excluding tert-OH is 1. The number of ketones is 1. The van der Waals surface area contributed by atoms with E-state index in [9.17, 15) is 19.5 Å². The SMILES string of the molecule is CCCCCc1occc1[C@H]1OC(=O)[C@H]2O[C@@]23[C@]2(C)[C@H](O)C(=O)[C@@H]4C(C)(C)O[C@@H]5[C@H]6CCC(C[C@]13C)[C@@H]2[C@]54COC6=O. The summed E-state index contributed by atoms with van der Waals surface area (Å²) in [4.78, 5) is 41.4. The summed E-state index contributed by atoms with van der Waals surface area (Å²) in [6.07, 6.45) is 4.08. The Kier molecular flexibility index (Phi) is 5.38. The highest BCUT2D eigenvalue weighted by Crippen LogP contribution is 2.82. The van der Waals surface area contributed by atoms with Crippen molar-refractivity contribution in [3.8, 4) is 0 Å². The molecule has 4 aliphatic heterocycles. The highest BCUT2D eigenvalue weighted by atomic mass is 16.7. The zero-order valence-electron chi connectivity index (χ0n) is 25.1. The van der Waals surface area contributed by atoms with Crippen molar-refractivity contribution in [3.05, 3.63) is 23.7 Å². The zero-order valence-corrected chi connectivity index (χ0v) is 25.1. The average Bonchev–Trinajstić information content (AvgIpc) is 3.51. The smallest absolute Gasteiger partial charge is 0.339 e. The zero-order chi connectivity index (χ0) is 29.6. The molecule has 0 amide bonds. The second-order valence-electron chi connectivity index (χ2n) is 15.2. The fraction of sp³-hybridized carbons (Fsp3) is 0.788. The Labute approximate surface area is 246 Å². The lowest BCUT2D eigenvalue weighted by Crippen LogP contribution is -2.77. The summed E-state index contributed by atoms with van der Waals surface area (Å²) in [6.45, 7) is 10.1. The second kappa shape index (κ2) is 8.27. The normalized spacial score (nSPS) is 51.0. The summed E-state index contributed by atoms with van der Waals surface area (Å²) in [5.74, 6) is -1.57. The van der Waals surface area contributed by atoms with Gasteiger partial charge in [-0.2, -0.15) is 0 Å². The fourth-order valence-electron chi connectivity index (χ4n) is 11.9. The monoisotopic (exact) mass is 582 g/mol. The maximum atomic E-state index is 14.5. The number of Topliss-reactive ketones (excluding diaryl/α,β-unsaturated/α-hetero) is 1. The van der Waals surface area contributed by atoms with E-state index < -0.39 is 69.7 Å². The van der Waals surface area contributed by atoms with Gasteiger partial charge in [-0.05, 0) is 57.4 Å². The molecule has 8 rings (SSSR count). The van der Waals surface area contributed by atoms with E-state index in [1.807, 2.05) is 26.8 Å². The summed E-state index contributed by atoms with van der Waals surface area (Å²) in [7, 11) is 0. The van der Waals surface area contributed by atoms with Crippen molar-refractivity contribution in [2.75, 3.05) is 6.61 Å². The molecule has 12 atom stereocenters. The number of carbonyl (C=O) groups is 3. The molecule has 7 fully saturated rings. The summed E-state index contributed by atoms with van der Waals surface area (Å²) in [5.41, 5.74) is -3.85. The molecule has 42 heavy (non-hydrogen) atoms. The number of hydrogen-bond acceptors (Lipinski definition) is 9. The van der Waals surface area contributed by atoms with Crippen molar-refractivity contribution in [2.24, 2.45) is 39.9 Å². The van der Waals surface area contributed by atoms with Crippen LogP contribution >= 0.6 is 0 Å². The van der Waals surface area contributed by atoms with Gasteiger partial charge in [-0.1, -0.05) is 33.6 Å². The van der Waals surface area contributed by atoms with Crippen LogP contribution in [0.1, 0.15) is 90.6 Å². The molecule has 3 aliphatic carbocycles. The third-order valence-electron chi connectivity index (χ3n) is 13.0. The van der Waals surface area contributed by atoms with E-state index in [1.165, 1.54) is 0 Å². The highest BCUT2D eigenvalue weighted by Gasteiger charge is 2.92. The molecule has 3 saturated carbocycles. The molecule has 9 heteroatoms. The molecule has 1 N–H and O–H groups in total. The van der Waals surface area contributed by atoms with Crippen molar-refractivity contribution in [2.45, 2.75) is 115 Å². The van der Waals surface area contributed by atoms with E-state index in [0.717, 1.165) is 43.4 Å². The number of esters is 2. The summed E-state index contributed by atoms with van der Waals surface area (Å²) < 4.78 is 31.4. The van der Waals surface area contributed by atoms with Gasteiger partial charge in [0.15, 0.2) is 11.9 Å². The van der Waals surface area contributed by atoms with Gasteiger partial charge in [0.2, 0.25) is 0 Å². The Morgan fingerprint density at radius 3 is 2.55 bits per heavy atom. The number of cyclic esters (lactones) is 2. The minimum absolute atomic E-state index is 0.0231. The first-order chi connectivity index (χ1) is 19.9. The molecule has 1 aromatic heterocycles. The summed E-state index contributed by atoms with van der Waals surface area (Å²) >= 11 is 0. The number of aryl methyl sites for hydroxylation is 1. The maximum Gasteiger partial charge on any atom is 0.339 e. The van der Waals surface area contributed by atoms with Crippen LogP contribution in [0.25, 0.3) is 0 Å². The molecule has 1 unspecified atom stereocenters. The molecule has 0 radical (unpaired) electrons. The van der Waals surface area contributed by atoms with E-state index >= 15 is 0 Å². The number of hydrogen-bond donors (Lipinski definition) is 1. The third kappa shape index (κ3) is 2.81. The Morgan fingerprint density at radius 1 is 1.00 bits per heavy atom. The first-order valence-corrected chi connectivity index (χ1v) is 15.9. The second-order valence-corrected chi connectivity index (χ2v) is 15.2. The number of rotatable bonds is 5. The van der Waals surface area contributed by atoms with Crippen LogP contribution in [0, 0.1) is 39.9 Å². The molecule has 7 aliphatic rings. The number of unbranched alkanes of at least 4 members (excludes halogenated alkanes) is 2. The number of furan rings is 1. The quantitative estimate of drug-likeness (QED) is 0.311. The lowest BCUT2D eigenvalue weighted by Gasteiger charge is -2.68. The summed E-state index contributed by atoms with van der Waals surface area (Å²) in [5, 5.41) is 12.3. The Bertz CT molecular complexity index is 1380. The van der Waals surface area contributed by atoms with Crippen molar-refractivity contribution in [1.82, 2.24) is 0 Å². The van der Waals surface area contributed by atoms with Crippen LogP contribution in [-0.2, 0) is 39.8 Å². The third-order valence-corrected chi connectivity index (χ3v) is 13.0. The van der Waals surface area contributed by atoms with Crippen LogP contribution in [0.2, 0.25) is 0 Å². The van der Waals surface area contributed by atoms with Gasteiger partial charge in [0.05, 0.1) is 29.8 Å². The van der Waals surface area contributed by atoms with Crippen LogP contribution in [0.3, 0.4) is 0 Å². The van der Waals surface area contributed by atoms with Crippen LogP contribution in [0.15, 0.2) is 16.7 Å². The Balaban J connectivity index is 1.32. The topological polar surface area (TPSA) is 125 Å². The van der Waals surface area contributed by atoms with Gasteiger partial charge in [-0.3, -0.25) is 9.59 Å². The van der Waals surface area contributed by atoms with E-state index in [1.54, 1.807) is 6.26 Å². The average molecular weight is 583 g/mol. The van der Waals surface area contributed by atoms with Gasteiger partial charge in [-0.15, -0.1) is 0 Å². The van der Waals surface area contributed by atoms with Crippen LogP contribution < -0.4 is 0 Å². The molecule has 2 bridgehead atoms. The standard InChI is InChI=1S/C33H42O9/c1-6-7-8-9-19-17(12-13-38-19)24-30(4)14-16-10-11-18-25-32(15-39-27(18)36)21(16)31(5,33(30)26(42-33)28(37)40-24)23(35)20(34)22(32)29(2,3)41-25/h12-13,16,18,21-26,35H,6-11,14-15H2,1-5H3/t16?,18-,21+,22-,23-,24-,25-,26-,30-,31+,32+,33+/m1/s1. The Morgan fingerprint density at radius 2 is 1.79 bits per heavy atom. The van der Waals surface area contributed by atoms with Gasteiger partial charge in [0, 0.05) is 28.2 Å². The molecular formula is C33H42O9. The van der Waals surface area contributed by atoms with Gasteiger partial charge >= 0.3 is 11.9 Å². The van der Waals surface area contributed by atoms with Crippen LogP contribution in [0.4, 0.5) is 0 Å². The van der Waals surface area contributed by atoms with Crippen LogP contribution in [-0.4, -0.2) is 58.9 Å².